The van der Waals surface area contributed by atoms with Crippen molar-refractivity contribution < 1.29 is 9.59 Å². The van der Waals surface area contributed by atoms with Gasteiger partial charge in [-0.25, -0.2) is 0 Å². The Hall–Kier alpha value is -0.670. The number of thioether (sulfide) groups is 1. The zero-order valence-electron chi connectivity index (χ0n) is 10.1. The molecule has 1 fully saturated rings. The van der Waals surface area contributed by atoms with Crippen LogP contribution in [0.15, 0.2) is 24.3 Å². The Morgan fingerprint density at radius 2 is 2.11 bits per heavy atom. The fourth-order valence-corrected chi connectivity index (χ4v) is 3.35. The largest absolute Gasteiger partial charge is 0.325 e. The number of hydrogen-bond donors (Lipinski definition) is 1. The van der Waals surface area contributed by atoms with Gasteiger partial charge in [0.2, 0.25) is 11.8 Å². The molecule has 0 radical (unpaired) electrons. The maximum atomic E-state index is 11.9. The number of carbonyl (C=O) groups is 2. The Morgan fingerprint density at radius 3 is 2.63 bits per heavy atom. The molecule has 0 aromatic heterocycles. The van der Waals surface area contributed by atoms with Gasteiger partial charge < -0.3 is 5.32 Å². The first kappa shape index (κ1) is 14.7. The Balaban J connectivity index is 1.96. The van der Waals surface area contributed by atoms with Gasteiger partial charge in [0.05, 0.1) is 5.25 Å². The lowest BCUT2D eigenvalue weighted by molar-refractivity contribution is -0.129. The Morgan fingerprint density at radius 1 is 1.47 bits per heavy atom. The van der Waals surface area contributed by atoms with Crippen LogP contribution in [0.2, 0.25) is 0 Å². The van der Waals surface area contributed by atoms with Gasteiger partial charge in [-0.05, 0) is 53.8 Å². The van der Waals surface area contributed by atoms with Crippen LogP contribution >= 0.6 is 46.6 Å². The molecule has 1 aliphatic rings. The van der Waals surface area contributed by atoms with E-state index in [2.05, 4.69) is 27.9 Å². The minimum Gasteiger partial charge on any atom is -0.325 e. The molecule has 100 valence electrons. The number of benzene rings is 1. The highest BCUT2D eigenvalue weighted by atomic mass is 127. The first-order valence-electron chi connectivity index (χ1n) is 5.55. The van der Waals surface area contributed by atoms with Crippen LogP contribution in [0.1, 0.15) is 6.92 Å². The second kappa shape index (κ2) is 6.19. The molecule has 0 saturated carbocycles. The van der Waals surface area contributed by atoms with Gasteiger partial charge in [0.15, 0.2) is 0 Å². The normalized spacial score (nSPS) is 18.8. The average molecular weight is 406 g/mol. The molecule has 1 saturated heterocycles. The van der Waals surface area contributed by atoms with Gasteiger partial charge in [-0.1, -0.05) is 24.0 Å². The van der Waals surface area contributed by atoms with Crippen molar-refractivity contribution in [2.75, 3.05) is 11.9 Å². The van der Waals surface area contributed by atoms with Gasteiger partial charge in [0.25, 0.3) is 0 Å². The minimum absolute atomic E-state index is 0.0268. The molecule has 0 aliphatic carbocycles. The monoisotopic (exact) mass is 406 g/mol. The van der Waals surface area contributed by atoms with Crippen LogP contribution in [-0.4, -0.2) is 32.8 Å². The first-order valence-corrected chi connectivity index (χ1v) is 7.91. The van der Waals surface area contributed by atoms with E-state index in [0.29, 0.717) is 10.0 Å². The van der Waals surface area contributed by atoms with Crippen LogP contribution in [0.3, 0.4) is 0 Å². The van der Waals surface area contributed by atoms with Gasteiger partial charge in [0.1, 0.15) is 10.9 Å². The number of hydrogen-bond acceptors (Lipinski definition) is 4. The van der Waals surface area contributed by atoms with E-state index < -0.39 is 0 Å². The quantitative estimate of drug-likeness (QED) is 0.619. The molecule has 0 bridgehead atoms. The van der Waals surface area contributed by atoms with Gasteiger partial charge in [-0.2, -0.15) is 0 Å². The summed E-state index contributed by atoms with van der Waals surface area (Å²) in [4.78, 5) is 25.0. The molecule has 1 aromatic rings. The van der Waals surface area contributed by atoms with E-state index in [0.717, 1.165) is 3.57 Å². The van der Waals surface area contributed by atoms with E-state index in [-0.39, 0.29) is 23.6 Å². The number of nitrogens with zero attached hydrogens (tertiary/aromatic N) is 1. The Kier molecular flexibility index (Phi) is 4.80. The van der Waals surface area contributed by atoms with Crippen LogP contribution in [0.4, 0.5) is 5.69 Å². The van der Waals surface area contributed by atoms with Gasteiger partial charge in [0, 0.05) is 9.26 Å². The molecule has 1 N–H and O–H groups in total. The summed E-state index contributed by atoms with van der Waals surface area (Å²) in [6.07, 6.45) is 0. The molecule has 4 nitrogen and oxygen atoms in total. The van der Waals surface area contributed by atoms with Crippen molar-refractivity contribution in [2.24, 2.45) is 0 Å². The van der Waals surface area contributed by atoms with E-state index in [1.54, 1.807) is 6.92 Å². The minimum atomic E-state index is -0.244. The maximum Gasteiger partial charge on any atom is 0.244 e. The summed E-state index contributed by atoms with van der Waals surface area (Å²) < 4.78 is 1.56. The topological polar surface area (TPSA) is 49.4 Å². The number of nitrogens with one attached hydrogen (secondary N) is 1. The lowest BCUT2D eigenvalue weighted by Gasteiger charge is -2.14. The number of carbonyl (C=O) groups excluding carboxylic acids is 2. The smallest absolute Gasteiger partial charge is 0.244 e. The molecular weight excluding hydrogens is 395 g/mol. The molecule has 0 spiro atoms. The third-order valence-electron chi connectivity index (χ3n) is 2.54. The lowest BCUT2D eigenvalue weighted by Crippen LogP contribution is -2.37. The van der Waals surface area contributed by atoms with Crippen LogP contribution in [0.5, 0.6) is 0 Å². The summed E-state index contributed by atoms with van der Waals surface area (Å²) in [6.45, 7) is 1.76. The number of anilines is 1. The highest BCUT2D eigenvalue weighted by Crippen LogP contribution is 2.26. The number of thiocarbonyl (C=S) groups is 1. The van der Waals surface area contributed by atoms with Crippen molar-refractivity contribution in [3.8, 4) is 0 Å². The third-order valence-corrected chi connectivity index (χ3v) is 4.75. The number of halogens is 1. The SMILES string of the molecule is CC1SC(=S)N(CC(=O)Nc2ccc(I)cc2)C1=O. The highest BCUT2D eigenvalue weighted by Gasteiger charge is 2.34. The fraction of sp³-hybridized carbons (Fsp3) is 0.250. The maximum absolute atomic E-state index is 11.9. The van der Waals surface area contributed by atoms with E-state index in [9.17, 15) is 9.59 Å². The second-order valence-corrected chi connectivity index (χ2v) is 7.23. The van der Waals surface area contributed by atoms with Gasteiger partial charge in [-0.3, -0.25) is 14.5 Å². The third kappa shape index (κ3) is 3.67. The molecule has 1 unspecified atom stereocenters. The zero-order chi connectivity index (χ0) is 14.0. The molecule has 2 rings (SSSR count). The number of amides is 2. The van der Waals surface area contributed by atoms with E-state index in [4.69, 9.17) is 12.2 Å². The van der Waals surface area contributed by atoms with Crippen molar-refractivity contribution in [1.82, 2.24) is 4.90 Å². The molecule has 1 aromatic carbocycles. The van der Waals surface area contributed by atoms with Gasteiger partial charge in [-0.15, -0.1) is 0 Å². The van der Waals surface area contributed by atoms with Crippen LogP contribution in [0, 0.1) is 3.57 Å². The average Bonchev–Trinajstić information content (AvgIpc) is 2.59. The van der Waals surface area contributed by atoms with E-state index in [1.807, 2.05) is 24.3 Å². The summed E-state index contributed by atoms with van der Waals surface area (Å²) in [6, 6.07) is 7.45. The molecule has 1 atom stereocenters. The Labute approximate surface area is 134 Å². The van der Waals surface area contributed by atoms with E-state index >= 15 is 0 Å². The van der Waals surface area contributed by atoms with Crippen molar-refractivity contribution in [1.29, 1.82) is 0 Å². The molecule has 2 amide bonds. The predicted octanol–water partition coefficient (Wildman–Crippen LogP) is 2.48. The second-order valence-electron chi connectivity index (χ2n) is 4.01. The van der Waals surface area contributed by atoms with Crippen LogP contribution in [-0.2, 0) is 9.59 Å². The molecule has 1 aliphatic heterocycles. The predicted molar refractivity (Wildman–Crippen MR) is 89.2 cm³/mol. The van der Waals surface area contributed by atoms with Crippen molar-refractivity contribution >= 4 is 68.4 Å². The van der Waals surface area contributed by atoms with Crippen LogP contribution in [0.25, 0.3) is 0 Å². The lowest BCUT2D eigenvalue weighted by atomic mass is 10.3. The van der Waals surface area contributed by atoms with Crippen LogP contribution < -0.4 is 5.32 Å². The Bertz CT molecular complexity index is 533. The van der Waals surface area contributed by atoms with Gasteiger partial charge >= 0.3 is 0 Å². The van der Waals surface area contributed by atoms with Crippen molar-refractivity contribution in [3.05, 3.63) is 27.8 Å². The summed E-state index contributed by atoms with van der Waals surface area (Å²) in [5.74, 6) is -0.348. The first-order chi connectivity index (χ1) is 8.97. The van der Waals surface area contributed by atoms with Crippen molar-refractivity contribution in [3.63, 3.8) is 0 Å². The molecule has 7 heteroatoms. The summed E-state index contributed by atoms with van der Waals surface area (Å²) in [5.41, 5.74) is 0.712. The summed E-state index contributed by atoms with van der Waals surface area (Å²) >= 11 is 8.59. The summed E-state index contributed by atoms with van der Waals surface area (Å²) in [7, 11) is 0. The molecule has 1 heterocycles. The molecular formula is C12H11IN2O2S2. The molecule has 19 heavy (non-hydrogen) atoms. The van der Waals surface area contributed by atoms with E-state index in [1.165, 1.54) is 16.7 Å². The summed E-state index contributed by atoms with van der Waals surface area (Å²) in [5, 5.41) is 2.55. The fourth-order valence-electron chi connectivity index (χ4n) is 1.59. The highest BCUT2D eigenvalue weighted by molar-refractivity contribution is 14.1. The zero-order valence-corrected chi connectivity index (χ0v) is 13.8. The standard InChI is InChI=1S/C12H11IN2O2S2/c1-7-11(17)15(12(18)19-7)6-10(16)14-9-4-2-8(13)3-5-9/h2-5,7H,6H2,1H3,(H,14,16). The number of rotatable bonds is 3. The van der Waals surface area contributed by atoms with Crippen molar-refractivity contribution in [2.45, 2.75) is 12.2 Å².